The third-order valence-corrected chi connectivity index (χ3v) is 4.58. The minimum atomic E-state index is -0.346. The van der Waals surface area contributed by atoms with E-state index in [9.17, 15) is 14.4 Å². The SMILES string of the molecule is Cc1cccc(OCCNC(=O)CN2C(=O)C3CC=CCC3C2=O)c1. The van der Waals surface area contributed by atoms with E-state index in [0.29, 0.717) is 26.0 Å². The maximum atomic E-state index is 12.3. The molecule has 6 heteroatoms. The number of fused-ring (bicyclic) bond motifs is 1. The highest BCUT2D eigenvalue weighted by molar-refractivity contribution is 6.07. The van der Waals surface area contributed by atoms with E-state index in [1.54, 1.807) is 0 Å². The Morgan fingerprint density at radius 3 is 2.52 bits per heavy atom. The molecule has 132 valence electrons. The number of allylic oxidation sites excluding steroid dienone is 2. The predicted octanol–water partition coefficient (Wildman–Crippen LogP) is 1.44. The van der Waals surface area contributed by atoms with Crippen LogP contribution in [0.1, 0.15) is 18.4 Å². The van der Waals surface area contributed by atoms with Gasteiger partial charge in [0.25, 0.3) is 0 Å². The maximum Gasteiger partial charge on any atom is 0.240 e. The molecule has 0 saturated carbocycles. The summed E-state index contributed by atoms with van der Waals surface area (Å²) >= 11 is 0. The van der Waals surface area contributed by atoms with E-state index in [0.717, 1.165) is 16.2 Å². The molecule has 3 rings (SSSR count). The highest BCUT2D eigenvalue weighted by Crippen LogP contribution is 2.34. The summed E-state index contributed by atoms with van der Waals surface area (Å²) in [6.45, 7) is 2.41. The molecular weight excluding hydrogens is 320 g/mol. The van der Waals surface area contributed by atoms with Crippen LogP contribution in [0.15, 0.2) is 36.4 Å². The van der Waals surface area contributed by atoms with Crippen molar-refractivity contribution in [3.05, 3.63) is 42.0 Å². The normalized spacial score (nSPS) is 22.0. The fourth-order valence-electron chi connectivity index (χ4n) is 3.29. The van der Waals surface area contributed by atoms with Crippen LogP contribution >= 0.6 is 0 Å². The lowest BCUT2D eigenvalue weighted by atomic mass is 9.85. The molecule has 2 atom stereocenters. The molecule has 0 radical (unpaired) electrons. The molecule has 1 heterocycles. The van der Waals surface area contributed by atoms with Gasteiger partial charge >= 0.3 is 0 Å². The quantitative estimate of drug-likeness (QED) is 0.482. The topological polar surface area (TPSA) is 75.7 Å². The van der Waals surface area contributed by atoms with Gasteiger partial charge in [-0.2, -0.15) is 0 Å². The number of benzene rings is 1. The Labute approximate surface area is 146 Å². The third kappa shape index (κ3) is 3.90. The van der Waals surface area contributed by atoms with Crippen LogP contribution in [0.2, 0.25) is 0 Å². The Balaban J connectivity index is 1.43. The van der Waals surface area contributed by atoms with Gasteiger partial charge in [0.1, 0.15) is 18.9 Å². The van der Waals surface area contributed by atoms with Gasteiger partial charge < -0.3 is 10.1 Å². The minimum Gasteiger partial charge on any atom is -0.492 e. The summed E-state index contributed by atoms with van der Waals surface area (Å²) in [5.41, 5.74) is 1.10. The second kappa shape index (κ2) is 7.51. The number of ether oxygens (including phenoxy) is 1. The molecule has 1 N–H and O–H groups in total. The molecule has 1 aliphatic heterocycles. The van der Waals surface area contributed by atoms with Gasteiger partial charge in [0, 0.05) is 0 Å². The monoisotopic (exact) mass is 342 g/mol. The fourth-order valence-corrected chi connectivity index (χ4v) is 3.29. The summed E-state index contributed by atoms with van der Waals surface area (Å²) < 4.78 is 5.56. The predicted molar refractivity (Wildman–Crippen MR) is 91.8 cm³/mol. The summed E-state index contributed by atoms with van der Waals surface area (Å²) in [5, 5.41) is 2.69. The fraction of sp³-hybridized carbons (Fsp3) is 0.421. The second-order valence-electron chi connectivity index (χ2n) is 6.43. The standard InChI is InChI=1S/C19H22N2O4/c1-13-5-4-6-14(11-13)25-10-9-20-17(22)12-21-18(23)15-7-2-3-8-16(15)19(21)24/h2-6,11,15-16H,7-10,12H2,1H3,(H,20,22). The van der Waals surface area contributed by atoms with Crippen molar-refractivity contribution in [3.63, 3.8) is 0 Å². The lowest BCUT2D eigenvalue weighted by molar-refractivity contribution is -0.143. The van der Waals surface area contributed by atoms with Crippen LogP contribution in [0.4, 0.5) is 0 Å². The Hall–Kier alpha value is -2.63. The number of carbonyl (C=O) groups is 3. The van der Waals surface area contributed by atoms with E-state index in [1.165, 1.54) is 0 Å². The van der Waals surface area contributed by atoms with Crippen LogP contribution < -0.4 is 10.1 Å². The van der Waals surface area contributed by atoms with E-state index < -0.39 is 0 Å². The number of carbonyl (C=O) groups excluding carboxylic acids is 3. The summed E-state index contributed by atoms with van der Waals surface area (Å²) in [7, 11) is 0. The maximum absolute atomic E-state index is 12.3. The number of rotatable bonds is 6. The molecule has 6 nitrogen and oxygen atoms in total. The van der Waals surface area contributed by atoms with Gasteiger partial charge in [-0.3, -0.25) is 19.3 Å². The molecule has 0 spiro atoms. The number of imide groups is 1. The zero-order valence-electron chi connectivity index (χ0n) is 14.2. The van der Waals surface area contributed by atoms with E-state index in [2.05, 4.69) is 5.32 Å². The first-order chi connectivity index (χ1) is 12.1. The Morgan fingerprint density at radius 1 is 1.20 bits per heavy atom. The molecule has 1 aliphatic carbocycles. The van der Waals surface area contributed by atoms with Crippen molar-refractivity contribution in [1.82, 2.24) is 10.2 Å². The highest BCUT2D eigenvalue weighted by Gasteiger charge is 2.47. The first kappa shape index (κ1) is 17.2. The number of hydrogen-bond donors (Lipinski definition) is 1. The number of hydrogen-bond acceptors (Lipinski definition) is 4. The zero-order chi connectivity index (χ0) is 17.8. The molecule has 3 amide bonds. The molecule has 1 aromatic rings. The van der Waals surface area contributed by atoms with Crippen LogP contribution in [0.3, 0.4) is 0 Å². The molecule has 0 aromatic heterocycles. The molecule has 1 aromatic carbocycles. The van der Waals surface area contributed by atoms with Crippen molar-refractivity contribution in [2.75, 3.05) is 19.7 Å². The minimum absolute atomic E-state index is 0.213. The van der Waals surface area contributed by atoms with Gasteiger partial charge in [0.15, 0.2) is 0 Å². The number of nitrogens with one attached hydrogen (secondary N) is 1. The second-order valence-corrected chi connectivity index (χ2v) is 6.43. The summed E-state index contributed by atoms with van der Waals surface area (Å²) in [6.07, 6.45) is 5.02. The lowest BCUT2D eigenvalue weighted by Gasteiger charge is -2.14. The summed E-state index contributed by atoms with van der Waals surface area (Å²) in [6, 6.07) is 7.65. The average molecular weight is 342 g/mol. The van der Waals surface area contributed by atoms with Crippen molar-refractivity contribution in [2.24, 2.45) is 11.8 Å². The van der Waals surface area contributed by atoms with Gasteiger partial charge in [0.2, 0.25) is 17.7 Å². The van der Waals surface area contributed by atoms with Crippen LogP contribution in [0.5, 0.6) is 5.75 Å². The van der Waals surface area contributed by atoms with Gasteiger partial charge in [-0.05, 0) is 37.5 Å². The van der Waals surface area contributed by atoms with Crippen molar-refractivity contribution in [2.45, 2.75) is 19.8 Å². The summed E-state index contributed by atoms with van der Waals surface area (Å²) in [4.78, 5) is 37.7. The molecule has 0 bridgehead atoms. The Bertz CT molecular complexity index is 687. The summed E-state index contributed by atoms with van der Waals surface area (Å²) in [5.74, 6) is -0.655. The zero-order valence-corrected chi connectivity index (χ0v) is 14.2. The van der Waals surface area contributed by atoms with Crippen molar-refractivity contribution in [1.29, 1.82) is 0 Å². The third-order valence-electron chi connectivity index (χ3n) is 4.58. The number of likely N-dealkylation sites (tertiary alicyclic amines) is 1. The molecule has 25 heavy (non-hydrogen) atoms. The van der Waals surface area contributed by atoms with Crippen LogP contribution in [-0.2, 0) is 14.4 Å². The lowest BCUT2D eigenvalue weighted by Crippen LogP contribution is -2.42. The number of amides is 3. The van der Waals surface area contributed by atoms with Gasteiger partial charge in [-0.15, -0.1) is 0 Å². The molecule has 2 unspecified atom stereocenters. The van der Waals surface area contributed by atoms with Gasteiger partial charge in [0.05, 0.1) is 18.4 Å². The van der Waals surface area contributed by atoms with Crippen LogP contribution in [0.25, 0.3) is 0 Å². The van der Waals surface area contributed by atoms with Gasteiger partial charge in [-0.25, -0.2) is 0 Å². The van der Waals surface area contributed by atoms with Crippen LogP contribution in [0, 0.1) is 18.8 Å². The van der Waals surface area contributed by atoms with E-state index in [1.807, 2.05) is 43.3 Å². The van der Waals surface area contributed by atoms with Crippen molar-refractivity contribution >= 4 is 17.7 Å². The van der Waals surface area contributed by atoms with E-state index in [-0.39, 0.29) is 36.1 Å². The van der Waals surface area contributed by atoms with Gasteiger partial charge in [-0.1, -0.05) is 24.3 Å². The molecule has 1 saturated heterocycles. The number of aryl methyl sites for hydroxylation is 1. The van der Waals surface area contributed by atoms with Crippen LogP contribution in [-0.4, -0.2) is 42.3 Å². The largest absolute Gasteiger partial charge is 0.492 e. The van der Waals surface area contributed by atoms with E-state index >= 15 is 0 Å². The van der Waals surface area contributed by atoms with Crippen molar-refractivity contribution in [3.8, 4) is 5.75 Å². The first-order valence-corrected chi connectivity index (χ1v) is 8.52. The average Bonchev–Trinajstić information content (AvgIpc) is 2.84. The Kier molecular flexibility index (Phi) is 5.16. The molecule has 1 fully saturated rings. The molecular formula is C19H22N2O4. The first-order valence-electron chi connectivity index (χ1n) is 8.52. The Morgan fingerprint density at radius 2 is 1.88 bits per heavy atom. The molecule has 2 aliphatic rings. The highest BCUT2D eigenvalue weighted by atomic mass is 16.5. The van der Waals surface area contributed by atoms with Crippen molar-refractivity contribution < 1.29 is 19.1 Å². The number of nitrogens with zero attached hydrogens (tertiary/aromatic N) is 1. The van der Waals surface area contributed by atoms with E-state index in [4.69, 9.17) is 4.74 Å². The smallest absolute Gasteiger partial charge is 0.240 e.